The average molecular weight is 320 g/mol. The lowest BCUT2D eigenvalue weighted by Crippen LogP contribution is -2.39. The number of ether oxygens (including phenoxy) is 2. The third-order valence-corrected chi connectivity index (χ3v) is 3.74. The van der Waals surface area contributed by atoms with E-state index in [1.165, 1.54) is 0 Å². The molecule has 1 atom stereocenters. The van der Waals surface area contributed by atoms with Crippen LogP contribution in [-0.2, 0) is 4.74 Å². The maximum atomic E-state index is 6.06. The van der Waals surface area contributed by atoms with Gasteiger partial charge in [0.1, 0.15) is 6.10 Å². The summed E-state index contributed by atoms with van der Waals surface area (Å²) in [6.07, 6.45) is 3.36. The smallest absolute Gasteiger partial charge is 0.234 e. The highest BCUT2D eigenvalue weighted by molar-refractivity contribution is 6.30. The van der Waals surface area contributed by atoms with Crippen molar-refractivity contribution in [3.63, 3.8) is 0 Å². The third kappa shape index (κ3) is 3.48. The number of hydrogen-bond donors (Lipinski definition) is 0. The number of hydrogen-bond acceptors (Lipinski definition) is 5. The fourth-order valence-corrected chi connectivity index (χ4v) is 2.67. The monoisotopic (exact) mass is 319 g/mol. The molecule has 22 heavy (non-hydrogen) atoms. The predicted octanol–water partition coefficient (Wildman–Crippen LogP) is 3.11. The quantitative estimate of drug-likeness (QED) is 0.866. The summed E-state index contributed by atoms with van der Waals surface area (Å²) < 4.78 is 11.3. The molecule has 0 aliphatic carbocycles. The van der Waals surface area contributed by atoms with Gasteiger partial charge in [-0.25, -0.2) is 0 Å². The lowest BCUT2D eigenvalue weighted by atomic mass is 10.1. The Bertz CT molecular complexity index is 638. The van der Waals surface area contributed by atoms with Crippen LogP contribution >= 0.6 is 11.6 Å². The van der Waals surface area contributed by atoms with Crippen LogP contribution in [0.5, 0.6) is 5.88 Å². The molecule has 5 nitrogen and oxygen atoms in total. The van der Waals surface area contributed by atoms with Gasteiger partial charge in [0.2, 0.25) is 5.88 Å². The van der Waals surface area contributed by atoms with E-state index in [4.69, 9.17) is 21.1 Å². The molecule has 1 aliphatic rings. The first-order chi connectivity index (χ1) is 10.8. The van der Waals surface area contributed by atoms with Crippen LogP contribution in [0.3, 0.4) is 0 Å². The minimum atomic E-state index is -0.0231. The van der Waals surface area contributed by atoms with Gasteiger partial charge in [0, 0.05) is 18.1 Å². The van der Waals surface area contributed by atoms with Crippen LogP contribution in [0.4, 0.5) is 5.82 Å². The summed E-state index contributed by atoms with van der Waals surface area (Å²) in [5, 5.41) is 0.719. The molecular weight excluding hydrogens is 302 g/mol. The summed E-state index contributed by atoms with van der Waals surface area (Å²) in [6.45, 7) is 4.63. The number of nitrogens with zero attached hydrogens (tertiary/aromatic N) is 3. The number of anilines is 1. The van der Waals surface area contributed by atoms with Gasteiger partial charge in [0.05, 0.1) is 25.6 Å². The Hall–Kier alpha value is -1.85. The van der Waals surface area contributed by atoms with Gasteiger partial charge >= 0.3 is 0 Å². The minimum Gasteiger partial charge on any atom is -0.477 e. The number of aromatic nitrogens is 2. The van der Waals surface area contributed by atoms with Gasteiger partial charge < -0.3 is 14.4 Å². The topological polar surface area (TPSA) is 47.5 Å². The van der Waals surface area contributed by atoms with Crippen molar-refractivity contribution in [2.75, 3.05) is 31.2 Å². The molecular formula is C16H18ClN3O2. The molecule has 1 aromatic carbocycles. The van der Waals surface area contributed by atoms with Crippen LogP contribution in [0.15, 0.2) is 36.7 Å². The first-order valence-corrected chi connectivity index (χ1v) is 7.71. The van der Waals surface area contributed by atoms with E-state index in [1.807, 2.05) is 31.2 Å². The largest absolute Gasteiger partial charge is 0.477 e. The van der Waals surface area contributed by atoms with Crippen LogP contribution in [0.2, 0.25) is 5.02 Å². The van der Waals surface area contributed by atoms with Crippen LogP contribution < -0.4 is 9.64 Å². The standard InChI is InChI=1S/C16H18ClN3O2/c1-2-21-16-10-18-9-15(19-16)20-6-7-22-14(11-20)12-4-3-5-13(17)8-12/h3-5,8-10,14H,2,6-7,11H2,1H3. The lowest BCUT2D eigenvalue weighted by Gasteiger charge is -2.33. The fourth-order valence-electron chi connectivity index (χ4n) is 2.47. The molecule has 1 aliphatic heterocycles. The van der Waals surface area contributed by atoms with E-state index in [1.54, 1.807) is 12.4 Å². The summed E-state index contributed by atoms with van der Waals surface area (Å²) in [4.78, 5) is 10.8. The SMILES string of the molecule is CCOc1cncc(N2CCOC(c3cccc(Cl)c3)C2)n1. The molecule has 116 valence electrons. The zero-order valence-electron chi connectivity index (χ0n) is 12.4. The van der Waals surface area contributed by atoms with Crippen LogP contribution in [-0.4, -0.2) is 36.3 Å². The van der Waals surface area contributed by atoms with Crippen LogP contribution in [0.1, 0.15) is 18.6 Å². The fraction of sp³-hybridized carbons (Fsp3) is 0.375. The predicted molar refractivity (Wildman–Crippen MR) is 85.6 cm³/mol. The molecule has 0 bridgehead atoms. The van der Waals surface area contributed by atoms with Crippen molar-refractivity contribution in [3.8, 4) is 5.88 Å². The first kappa shape index (κ1) is 15.1. The lowest BCUT2D eigenvalue weighted by molar-refractivity contribution is 0.0394. The number of halogens is 1. The average Bonchev–Trinajstić information content (AvgIpc) is 2.56. The zero-order valence-corrected chi connectivity index (χ0v) is 13.2. The zero-order chi connectivity index (χ0) is 15.4. The molecule has 1 saturated heterocycles. The van der Waals surface area contributed by atoms with Gasteiger partial charge in [-0.05, 0) is 24.6 Å². The van der Waals surface area contributed by atoms with E-state index < -0.39 is 0 Å². The molecule has 1 fully saturated rings. The highest BCUT2D eigenvalue weighted by Gasteiger charge is 2.23. The van der Waals surface area contributed by atoms with Gasteiger partial charge in [-0.1, -0.05) is 23.7 Å². The molecule has 0 N–H and O–H groups in total. The maximum absolute atomic E-state index is 6.06. The van der Waals surface area contributed by atoms with Crippen LogP contribution in [0.25, 0.3) is 0 Å². The van der Waals surface area contributed by atoms with Gasteiger partial charge in [-0.3, -0.25) is 4.98 Å². The molecule has 1 aromatic heterocycles. The third-order valence-electron chi connectivity index (χ3n) is 3.50. The maximum Gasteiger partial charge on any atom is 0.234 e. The van der Waals surface area contributed by atoms with E-state index in [0.717, 1.165) is 22.9 Å². The Labute approximate surface area is 134 Å². The summed E-state index contributed by atoms with van der Waals surface area (Å²) in [7, 11) is 0. The van der Waals surface area contributed by atoms with E-state index in [-0.39, 0.29) is 6.10 Å². The molecule has 6 heteroatoms. The number of rotatable bonds is 4. The van der Waals surface area contributed by atoms with E-state index in [0.29, 0.717) is 25.6 Å². The van der Waals surface area contributed by atoms with Crippen molar-refractivity contribution in [2.45, 2.75) is 13.0 Å². The molecule has 0 spiro atoms. The van der Waals surface area contributed by atoms with Crippen molar-refractivity contribution < 1.29 is 9.47 Å². The second-order valence-electron chi connectivity index (χ2n) is 5.01. The van der Waals surface area contributed by atoms with Gasteiger partial charge in [0.25, 0.3) is 0 Å². The molecule has 0 radical (unpaired) electrons. The van der Waals surface area contributed by atoms with E-state index >= 15 is 0 Å². The molecule has 1 unspecified atom stereocenters. The summed E-state index contributed by atoms with van der Waals surface area (Å²) in [5.41, 5.74) is 1.08. The van der Waals surface area contributed by atoms with Crippen LogP contribution in [0, 0.1) is 0 Å². The van der Waals surface area contributed by atoms with E-state index in [2.05, 4.69) is 14.9 Å². The highest BCUT2D eigenvalue weighted by atomic mass is 35.5. The van der Waals surface area contributed by atoms with Crippen molar-refractivity contribution >= 4 is 17.4 Å². The van der Waals surface area contributed by atoms with Crippen molar-refractivity contribution in [1.82, 2.24) is 9.97 Å². The Morgan fingerprint density at radius 1 is 1.41 bits per heavy atom. The molecule has 0 saturated carbocycles. The van der Waals surface area contributed by atoms with Gasteiger partial charge in [-0.2, -0.15) is 4.98 Å². The summed E-state index contributed by atoms with van der Waals surface area (Å²) in [6, 6.07) is 7.78. The summed E-state index contributed by atoms with van der Waals surface area (Å²) >= 11 is 6.06. The molecule has 2 heterocycles. The van der Waals surface area contributed by atoms with E-state index in [9.17, 15) is 0 Å². The number of benzene rings is 1. The van der Waals surface area contributed by atoms with Gasteiger partial charge in [0.15, 0.2) is 5.82 Å². The second kappa shape index (κ2) is 6.94. The Morgan fingerprint density at radius 2 is 2.32 bits per heavy atom. The Kier molecular flexibility index (Phi) is 4.75. The Balaban J connectivity index is 1.76. The molecule has 3 rings (SSSR count). The highest BCUT2D eigenvalue weighted by Crippen LogP contribution is 2.27. The molecule has 0 amide bonds. The molecule has 2 aromatic rings. The summed E-state index contributed by atoms with van der Waals surface area (Å²) in [5.74, 6) is 1.35. The first-order valence-electron chi connectivity index (χ1n) is 7.33. The van der Waals surface area contributed by atoms with Gasteiger partial charge in [-0.15, -0.1) is 0 Å². The van der Waals surface area contributed by atoms with Crippen molar-refractivity contribution in [2.24, 2.45) is 0 Å². The second-order valence-corrected chi connectivity index (χ2v) is 5.45. The number of morpholine rings is 1. The normalized spacial score (nSPS) is 18.3. The van der Waals surface area contributed by atoms with Crippen molar-refractivity contribution in [1.29, 1.82) is 0 Å². The van der Waals surface area contributed by atoms with Crippen molar-refractivity contribution in [3.05, 3.63) is 47.2 Å². The minimum absolute atomic E-state index is 0.0231. The Morgan fingerprint density at radius 3 is 3.14 bits per heavy atom.